The lowest BCUT2D eigenvalue weighted by Gasteiger charge is -2.32. The van der Waals surface area contributed by atoms with Gasteiger partial charge in [0.1, 0.15) is 5.82 Å². The topological polar surface area (TPSA) is 72.5 Å². The number of carbonyl (C=O) groups excluding carboxylic acids is 1. The summed E-state index contributed by atoms with van der Waals surface area (Å²) in [4.78, 5) is 28.2. The number of amides is 1. The minimum absolute atomic E-state index is 0.0461. The number of hydrogen-bond donors (Lipinski definition) is 0. The van der Waals surface area contributed by atoms with E-state index in [1.54, 1.807) is 4.57 Å². The normalized spacial score (nSPS) is 14.9. The molecule has 1 aliphatic heterocycles. The lowest BCUT2D eigenvalue weighted by Crippen LogP contribution is -2.39. The van der Waals surface area contributed by atoms with Gasteiger partial charge in [-0.1, -0.05) is 56.3 Å². The van der Waals surface area contributed by atoms with E-state index < -0.39 is 0 Å². The summed E-state index contributed by atoms with van der Waals surface area (Å²) in [5, 5.41) is 9.43. The lowest BCUT2D eigenvalue weighted by molar-refractivity contribution is -0.132. The largest absolute Gasteiger partial charge is 0.343 e. The van der Waals surface area contributed by atoms with Gasteiger partial charge in [0, 0.05) is 32.5 Å². The molecular weight excluding hydrogens is 438 g/mol. The minimum atomic E-state index is -0.0461. The minimum Gasteiger partial charge on any atom is -0.343 e. The van der Waals surface area contributed by atoms with Crippen LogP contribution in [-0.4, -0.2) is 43.1 Å². The molecule has 7 nitrogen and oxygen atoms in total. The fourth-order valence-electron chi connectivity index (χ4n) is 5.22. The first kappa shape index (κ1) is 23.3. The van der Waals surface area contributed by atoms with Crippen LogP contribution in [0.15, 0.2) is 59.4 Å². The Hall–Kier alpha value is -3.48. The Balaban J connectivity index is 1.29. The molecule has 5 rings (SSSR count). The summed E-state index contributed by atoms with van der Waals surface area (Å²) in [6.07, 6.45) is 4.05. The number of likely N-dealkylation sites (tertiary alicyclic amines) is 1. The van der Waals surface area contributed by atoms with Crippen molar-refractivity contribution in [2.24, 2.45) is 11.8 Å². The fourth-order valence-corrected chi connectivity index (χ4v) is 5.22. The molecule has 1 fully saturated rings. The van der Waals surface area contributed by atoms with Crippen molar-refractivity contribution in [2.45, 2.75) is 52.5 Å². The summed E-state index contributed by atoms with van der Waals surface area (Å²) in [7, 11) is 0. The maximum absolute atomic E-state index is 13.1. The zero-order valence-corrected chi connectivity index (χ0v) is 20.6. The Morgan fingerprint density at radius 1 is 1.00 bits per heavy atom. The van der Waals surface area contributed by atoms with Crippen LogP contribution in [0.1, 0.15) is 44.5 Å². The van der Waals surface area contributed by atoms with Gasteiger partial charge in [0.05, 0.1) is 10.9 Å². The highest BCUT2D eigenvalue weighted by Crippen LogP contribution is 2.23. The van der Waals surface area contributed by atoms with E-state index in [-0.39, 0.29) is 11.5 Å². The maximum Gasteiger partial charge on any atom is 0.262 e. The van der Waals surface area contributed by atoms with Crippen molar-refractivity contribution in [3.8, 4) is 0 Å². The quantitative estimate of drug-likeness (QED) is 0.407. The third-order valence-electron chi connectivity index (χ3n) is 7.02. The predicted octanol–water partition coefficient (Wildman–Crippen LogP) is 4.11. The summed E-state index contributed by atoms with van der Waals surface area (Å²) < 4.78 is 3.67. The van der Waals surface area contributed by atoms with Crippen molar-refractivity contribution in [1.29, 1.82) is 0 Å². The Kier molecular flexibility index (Phi) is 6.66. The average molecular weight is 472 g/mol. The van der Waals surface area contributed by atoms with Gasteiger partial charge < -0.3 is 4.90 Å². The zero-order chi connectivity index (χ0) is 24.4. The molecule has 35 heavy (non-hydrogen) atoms. The predicted molar refractivity (Wildman–Crippen MR) is 137 cm³/mol. The molecule has 7 heteroatoms. The lowest BCUT2D eigenvalue weighted by atomic mass is 9.90. The van der Waals surface area contributed by atoms with Crippen molar-refractivity contribution < 1.29 is 4.79 Å². The highest BCUT2D eigenvalue weighted by molar-refractivity contribution is 5.80. The number of hydrogen-bond acceptors (Lipinski definition) is 4. The first-order valence-electron chi connectivity index (χ1n) is 12.7. The molecule has 0 bridgehead atoms. The number of benzene rings is 2. The molecule has 4 aromatic rings. The van der Waals surface area contributed by atoms with Crippen LogP contribution in [-0.2, 0) is 24.2 Å². The number of aryl methyl sites for hydroxylation is 1. The first-order valence-corrected chi connectivity index (χ1v) is 12.7. The summed E-state index contributed by atoms with van der Waals surface area (Å²) in [6, 6.07) is 18.2. The fraction of sp³-hybridized carbons (Fsp3) is 0.429. The van der Waals surface area contributed by atoms with Gasteiger partial charge in [-0.25, -0.2) is 0 Å². The standard InChI is InChI=1S/C28H33N5O2/c1-20(2)19-32-27(35)23-10-6-7-11-24(23)33-25(29-30-28(32)33)12-13-26(34)31-16-14-22(15-17-31)18-21-8-4-3-5-9-21/h3-11,20,22H,12-19H2,1-2H3. The summed E-state index contributed by atoms with van der Waals surface area (Å²) in [5.74, 6) is 2.36. The van der Waals surface area contributed by atoms with Gasteiger partial charge in [-0.3, -0.25) is 18.6 Å². The van der Waals surface area contributed by atoms with Crippen LogP contribution < -0.4 is 5.56 Å². The van der Waals surface area contributed by atoms with Gasteiger partial charge in [-0.05, 0) is 48.8 Å². The molecule has 0 spiro atoms. The zero-order valence-electron chi connectivity index (χ0n) is 20.6. The third kappa shape index (κ3) is 4.85. The SMILES string of the molecule is CC(C)Cn1c(=O)c2ccccc2n2c(CCC(=O)N3CCC(Cc4ccccc4)CC3)nnc12. The number of rotatable bonds is 7. The van der Waals surface area contributed by atoms with E-state index in [1.807, 2.05) is 33.6 Å². The smallest absolute Gasteiger partial charge is 0.262 e. The number of aromatic nitrogens is 4. The van der Waals surface area contributed by atoms with Crippen LogP contribution in [0, 0.1) is 11.8 Å². The second-order valence-electron chi connectivity index (χ2n) is 10.1. The summed E-state index contributed by atoms with van der Waals surface area (Å²) >= 11 is 0. The van der Waals surface area contributed by atoms with Crippen LogP contribution in [0.25, 0.3) is 16.7 Å². The summed E-state index contributed by atoms with van der Waals surface area (Å²) in [6.45, 7) is 6.36. The van der Waals surface area contributed by atoms with E-state index in [0.717, 1.165) is 43.7 Å². The van der Waals surface area contributed by atoms with E-state index in [2.05, 4.69) is 54.4 Å². The first-order chi connectivity index (χ1) is 17.0. The average Bonchev–Trinajstić information content (AvgIpc) is 3.30. The maximum atomic E-state index is 13.1. The molecule has 3 heterocycles. The number of carbonyl (C=O) groups is 1. The molecule has 2 aromatic heterocycles. The Morgan fingerprint density at radius 3 is 2.46 bits per heavy atom. The van der Waals surface area contributed by atoms with Crippen LogP contribution >= 0.6 is 0 Å². The molecular formula is C28H33N5O2. The van der Waals surface area contributed by atoms with Crippen LogP contribution in [0.3, 0.4) is 0 Å². The number of nitrogens with zero attached hydrogens (tertiary/aromatic N) is 5. The Bertz CT molecular complexity index is 1380. The van der Waals surface area contributed by atoms with Gasteiger partial charge in [-0.15, -0.1) is 10.2 Å². The molecule has 1 aliphatic rings. The van der Waals surface area contributed by atoms with Gasteiger partial charge in [0.15, 0.2) is 0 Å². The molecule has 2 aromatic carbocycles. The van der Waals surface area contributed by atoms with Gasteiger partial charge >= 0.3 is 0 Å². The second kappa shape index (κ2) is 10.0. The number of piperidine rings is 1. The van der Waals surface area contributed by atoms with E-state index in [1.165, 1.54) is 5.56 Å². The second-order valence-corrected chi connectivity index (χ2v) is 10.1. The van der Waals surface area contributed by atoms with Gasteiger partial charge in [0.25, 0.3) is 5.56 Å². The third-order valence-corrected chi connectivity index (χ3v) is 7.02. The van der Waals surface area contributed by atoms with Gasteiger partial charge in [-0.2, -0.15) is 0 Å². The molecule has 0 unspecified atom stereocenters. The van der Waals surface area contributed by atoms with E-state index >= 15 is 0 Å². The molecule has 0 atom stereocenters. The van der Waals surface area contributed by atoms with Crippen molar-refractivity contribution in [3.63, 3.8) is 0 Å². The highest BCUT2D eigenvalue weighted by Gasteiger charge is 2.24. The van der Waals surface area contributed by atoms with Crippen molar-refractivity contribution >= 4 is 22.6 Å². The van der Waals surface area contributed by atoms with Crippen LogP contribution in [0.2, 0.25) is 0 Å². The highest BCUT2D eigenvalue weighted by atomic mass is 16.2. The van der Waals surface area contributed by atoms with Crippen molar-refractivity contribution in [1.82, 2.24) is 24.1 Å². The summed E-state index contributed by atoms with van der Waals surface area (Å²) in [5.41, 5.74) is 2.12. The van der Waals surface area contributed by atoms with E-state index in [0.29, 0.717) is 42.4 Å². The molecule has 0 radical (unpaired) electrons. The van der Waals surface area contributed by atoms with Crippen LogP contribution in [0.5, 0.6) is 0 Å². The molecule has 0 aliphatic carbocycles. The molecule has 0 saturated carbocycles. The van der Waals surface area contributed by atoms with Crippen LogP contribution in [0.4, 0.5) is 0 Å². The van der Waals surface area contributed by atoms with Crippen molar-refractivity contribution in [3.05, 3.63) is 76.3 Å². The molecule has 0 N–H and O–H groups in total. The van der Waals surface area contributed by atoms with E-state index in [9.17, 15) is 9.59 Å². The number of fused-ring (bicyclic) bond motifs is 3. The van der Waals surface area contributed by atoms with Crippen molar-refractivity contribution in [2.75, 3.05) is 13.1 Å². The molecule has 182 valence electrons. The van der Waals surface area contributed by atoms with E-state index in [4.69, 9.17) is 0 Å². The molecule has 1 amide bonds. The van der Waals surface area contributed by atoms with Gasteiger partial charge in [0.2, 0.25) is 11.7 Å². The molecule has 1 saturated heterocycles. The Morgan fingerprint density at radius 2 is 1.71 bits per heavy atom. The Labute approximate surface area is 205 Å². The number of para-hydroxylation sites is 1. The monoisotopic (exact) mass is 471 g/mol.